The maximum absolute atomic E-state index is 11.2. The maximum Gasteiger partial charge on any atom is 1.00 e. The van der Waals surface area contributed by atoms with Crippen LogP contribution in [0.4, 0.5) is 17.1 Å². The van der Waals surface area contributed by atoms with E-state index in [1.807, 2.05) is 0 Å². The van der Waals surface area contributed by atoms with E-state index in [1.165, 1.54) is 6.92 Å². The Bertz CT molecular complexity index is 877. The van der Waals surface area contributed by atoms with Gasteiger partial charge in [-0.3, -0.25) is 15.3 Å². The Balaban J connectivity index is 0.00000264. The van der Waals surface area contributed by atoms with E-state index in [-0.39, 0.29) is 67.7 Å². The molecule has 0 aliphatic carbocycles. The minimum Gasteiger partial charge on any atom is -0.744 e. The summed E-state index contributed by atoms with van der Waals surface area (Å²) in [6.07, 6.45) is 0.975. The van der Waals surface area contributed by atoms with Crippen LogP contribution in [-0.4, -0.2) is 17.9 Å². The van der Waals surface area contributed by atoms with Crippen molar-refractivity contribution in [3.63, 3.8) is 0 Å². The number of non-ortho nitro benzene ring substituents is 1. The Morgan fingerprint density at radius 1 is 1.26 bits per heavy atom. The Labute approximate surface area is 171 Å². The van der Waals surface area contributed by atoms with Crippen LogP contribution < -0.4 is 56.3 Å². The number of hydrogen-bond acceptors (Lipinski definition) is 9. The summed E-state index contributed by atoms with van der Waals surface area (Å²) in [6.45, 7) is 1.38. The molecule has 0 N–H and O–H groups in total. The SMILES string of the molecule is Cc1c(N=Nc2ccc([N+](=O)[O-])cc2S(=O)(=O)[O-])co[n+]1[O-].[K+]. The van der Waals surface area contributed by atoms with Crippen molar-refractivity contribution in [1.29, 1.82) is 0 Å². The molecule has 1 aromatic heterocycles. The van der Waals surface area contributed by atoms with Crippen molar-refractivity contribution in [2.45, 2.75) is 11.8 Å². The van der Waals surface area contributed by atoms with Crippen LogP contribution in [0.3, 0.4) is 0 Å². The molecule has 2 rings (SSSR count). The van der Waals surface area contributed by atoms with E-state index in [4.69, 9.17) is 0 Å². The fourth-order valence-electron chi connectivity index (χ4n) is 1.46. The van der Waals surface area contributed by atoms with Crippen LogP contribution in [0, 0.1) is 22.2 Å². The first-order valence-electron chi connectivity index (χ1n) is 5.54. The van der Waals surface area contributed by atoms with Crippen LogP contribution in [0.1, 0.15) is 5.69 Å². The molecule has 0 atom stereocenters. The zero-order chi connectivity index (χ0) is 16.5. The standard InChI is InChI=1S/C10H8N4O7S.K/c1-6-9(5-21-14(6)17)12-11-8-3-2-7(13(15)16)4-10(8)22(18,19)20;/h2-5H,1H3,(H,18,19,20);/q;+1/p-1. The number of nitro benzene ring substituents is 1. The number of nitrogens with zero attached hydrogens (tertiary/aromatic N) is 4. The van der Waals surface area contributed by atoms with E-state index >= 15 is 0 Å². The minimum atomic E-state index is -5.00. The fraction of sp³-hybridized carbons (Fsp3) is 0.100. The van der Waals surface area contributed by atoms with Gasteiger partial charge in [0, 0.05) is 24.0 Å². The average molecular weight is 366 g/mol. The molecule has 0 saturated carbocycles. The van der Waals surface area contributed by atoms with Gasteiger partial charge in [-0.25, -0.2) is 8.42 Å². The Morgan fingerprint density at radius 3 is 2.35 bits per heavy atom. The van der Waals surface area contributed by atoms with Gasteiger partial charge in [-0.2, -0.15) is 0 Å². The van der Waals surface area contributed by atoms with Crippen molar-refractivity contribution in [3.8, 4) is 0 Å². The van der Waals surface area contributed by atoms with Crippen molar-refractivity contribution in [3.05, 3.63) is 45.5 Å². The zero-order valence-electron chi connectivity index (χ0n) is 11.9. The van der Waals surface area contributed by atoms with Crippen molar-refractivity contribution >= 4 is 27.2 Å². The number of rotatable bonds is 4. The first-order valence-corrected chi connectivity index (χ1v) is 6.95. The molecule has 11 nitrogen and oxygen atoms in total. The second-order valence-corrected chi connectivity index (χ2v) is 5.36. The topological polar surface area (TPSA) is 165 Å². The van der Waals surface area contributed by atoms with Gasteiger partial charge >= 0.3 is 51.4 Å². The van der Waals surface area contributed by atoms with Gasteiger partial charge in [0.1, 0.15) is 15.8 Å². The Hall–Kier alpha value is -1.22. The van der Waals surface area contributed by atoms with Crippen LogP contribution in [0.2, 0.25) is 0 Å². The fourth-order valence-corrected chi connectivity index (χ4v) is 2.09. The molecule has 23 heavy (non-hydrogen) atoms. The van der Waals surface area contributed by atoms with Gasteiger partial charge in [-0.15, -0.1) is 10.2 Å². The smallest absolute Gasteiger partial charge is 0.744 e. The molecule has 2 aromatic rings. The summed E-state index contributed by atoms with van der Waals surface area (Å²) in [7, 11) is -5.00. The zero-order valence-corrected chi connectivity index (χ0v) is 15.8. The van der Waals surface area contributed by atoms with Crippen LogP contribution in [0.25, 0.3) is 0 Å². The van der Waals surface area contributed by atoms with Crippen LogP contribution in [0.15, 0.2) is 44.1 Å². The first-order chi connectivity index (χ1) is 10.2. The monoisotopic (exact) mass is 366 g/mol. The van der Waals surface area contributed by atoms with Gasteiger partial charge in [0.25, 0.3) is 11.4 Å². The van der Waals surface area contributed by atoms with E-state index < -0.39 is 31.3 Å². The van der Waals surface area contributed by atoms with Gasteiger partial charge in [0.15, 0.2) is 5.69 Å². The number of nitro groups is 1. The second-order valence-electron chi connectivity index (χ2n) is 4.01. The van der Waals surface area contributed by atoms with Gasteiger partial charge in [-0.1, -0.05) is 0 Å². The van der Waals surface area contributed by atoms with Gasteiger partial charge in [0.2, 0.25) is 0 Å². The molecule has 0 aliphatic rings. The molecule has 0 unspecified atom stereocenters. The van der Waals surface area contributed by atoms with Crippen LogP contribution >= 0.6 is 0 Å². The number of azo groups is 1. The molecule has 0 saturated heterocycles. The molecule has 0 radical (unpaired) electrons. The minimum absolute atomic E-state index is 0. The predicted molar refractivity (Wildman–Crippen MR) is 67.6 cm³/mol. The van der Waals surface area contributed by atoms with Crippen molar-refractivity contribution < 1.29 is 78.7 Å². The number of hydrogen-bond donors (Lipinski definition) is 0. The van der Waals surface area contributed by atoms with E-state index in [1.54, 1.807) is 0 Å². The molecule has 116 valence electrons. The normalized spacial score (nSPS) is 11.4. The van der Waals surface area contributed by atoms with Crippen molar-refractivity contribution in [1.82, 2.24) is 0 Å². The summed E-state index contributed by atoms with van der Waals surface area (Å²) in [5, 5.41) is 28.8. The first kappa shape index (κ1) is 19.8. The quantitative estimate of drug-likeness (QED) is 0.158. The maximum atomic E-state index is 11.2. The third-order valence-electron chi connectivity index (χ3n) is 2.59. The summed E-state index contributed by atoms with van der Waals surface area (Å²) < 4.78 is 37.9. The predicted octanol–water partition coefficient (Wildman–Crippen LogP) is -1.55. The van der Waals surface area contributed by atoms with Gasteiger partial charge in [-0.05, 0) is 6.07 Å². The molecular formula is C10H7KN4O7S. The second kappa shape index (κ2) is 7.56. The summed E-state index contributed by atoms with van der Waals surface area (Å²) in [4.78, 5) is 9.05. The summed E-state index contributed by atoms with van der Waals surface area (Å²) in [6, 6.07) is 2.53. The number of benzene rings is 1. The van der Waals surface area contributed by atoms with Gasteiger partial charge in [0.05, 0.1) is 16.1 Å². The molecular weight excluding hydrogens is 359 g/mol. The van der Waals surface area contributed by atoms with E-state index in [9.17, 15) is 28.3 Å². The Morgan fingerprint density at radius 2 is 1.87 bits per heavy atom. The molecule has 0 bridgehead atoms. The van der Waals surface area contributed by atoms with Crippen molar-refractivity contribution in [2.24, 2.45) is 10.2 Å². The van der Waals surface area contributed by atoms with Crippen LogP contribution in [-0.2, 0) is 10.1 Å². The third kappa shape index (κ3) is 4.63. The van der Waals surface area contributed by atoms with E-state index in [0.717, 1.165) is 18.4 Å². The largest absolute Gasteiger partial charge is 1.00 e. The van der Waals surface area contributed by atoms with Crippen molar-refractivity contribution in [2.75, 3.05) is 0 Å². The summed E-state index contributed by atoms with van der Waals surface area (Å²) in [5.41, 5.74) is -0.885. The Kier molecular flexibility index (Phi) is 6.52. The van der Waals surface area contributed by atoms with Gasteiger partial charge < -0.3 is 9.08 Å². The van der Waals surface area contributed by atoms with Crippen LogP contribution in [0.5, 0.6) is 0 Å². The molecule has 1 heterocycles. The molecule has 0 fully saturated rings. The molecule has 0 spiro atoms. The molecule has 0 aliphatic heterocycles. The molecule has 13 heteroatoms. The molecule has 1 aromatic carbocycles. The van der Waals surface area contributed by atoms with E-state index in [2.05, 4.69) is 14.8 Å². The summed E-state index contributed by atoms with van der Waals surface area (Å²) >= 11 is 0. The average Bonchev–Trinajstić information content (AvgIpc) is 2.75. The summed E-state index contributed by atoms with van der Waals surface area (Å²) in [5.74, 6) is 0. The number of aromatic nitrogens is 1. The third-order valence-corrected chi connectivity index (χ3v) is 3.46. The molecule has 0 amide bonds. The van der Waals surface area contributed by atoms with E-state index in [0.29, 0.717) is 6.07 Å².